The fourth-order valence-electron chi connectivity index (χ4n) is 2.24. The number of amides is 1. The molecule has 1 aliphatic rings. The van der Waals surface area contributed by atoms with Crippen LogP contribution in [0.15, 0.2) is 18.2 Å². The van der Waals surface area contributed by atoms with Crippen LogP contribution in [0.5, 0.6) is 0 Å². The molecular formula is C15H22N2O2. The van der Waals surface area contributed by atoms with Crippen LogP contribution in [-0.4, -0.2) is 43.2 Å². The van der Waals surface area contributed by atoms with Gasteiger partial charge in [0.25, 0.3) is 0 Å². The lowest BCUT2D eigenvalue weighted by Crippen LogP contribution is -2.47. The van der Waals surface area contributed by atoms with Crippen molar-refractivity contribution in [3.63, 3.8) is 0 Å². The van der Waals surface area contributed by atoms with Crippen LogP contribution in [0.25, 0.3) is 0 Å². The zero-order valence-corrected chi connectivity index (χ0v) is 11.9. The summed E-state index contributed by atoms with van der Waals surface area (Å²) in [4.78, 5) is 14.2. The van der Waals surface area contributed by atoms with Crippen LogP contribution in [-0.2, 0) is 9.53 Å². The van der Waals surface area contributed by atoms with Crippen LogP contribution in [0.3, 0.4) is 0 Å². The summed E-state index contributed by atoms with van der Waals surface area (Å²) in [5, 5.41) is 3.32. The minimum atomic E-state index is -0.210. The number of hydrogen-bond donors (Lipinski definition) is 1. The summed E-state index contributed by atoms with van der Waals surface area (Å²) in [6.45, 7) is 8.69. The van der Waals surface area contributed by atoms with Gasteiger partial charge in [0.05, 0.1) is 13.2 Å². The first-order chi connectivity index (χ1) is 9.08. The first-order valence-corrected chi connectivity index (χ1v) is 6.78. The molecule has 1 saturated heterocycles. The second kappa shape index (κ2) is 6.06. The number of benzene rings is 1. The summed E-state index contributed by atoms with van der Waals surface area (Å²) in [7, 11) is 0. The molecule has 4 nitrogen and oxygen atoms in total. The number of carbonyl (C=O) groups excluding carboxylic acids is 1. The van der Waals surface area contributed by atoms with Gasteiger partial charge < -0.3 is 15.0 Å². The third kappa shape index (κ3) is 3.47. The van der Waals surface area contributed by atoms with Crippen LogP contribution in [0.2, 0.25) is 0 Å². The summed E-state index contributed by atoms with van der Waals surface area (Å²) >= 11 is 0. The predicted octanol–water partition coefficient (Wildman–Crippen LogP) is 1.96. The Hall–Kier alpha value is -1.55. The lowest BCUT2D eigenvalue weighted by molar-refractivity contribution is -0.135. The zero-order valence-electron chi connectivity index (χ0n) is 11.9. The molecule has 104 valence electrons. The third-order valence-electron chi connectivity index (χ3n) is 3.46. The van der Waals surface area contributed by atoms with E-state index in [2.05, 4.69) is 30.4 Å². The van der Waals surface area contributed by atoms with E-state index >= 15 is 0 Å². The van der Waals surface area contributed by atoms with Gasteiger partial charge in [-0.3, -0.25) is 4.79 Å². The fraction of sp³-hybridized carbons (Fsp3) is 0.533. The van der Waals surface area contributed by atoms with Gasteiger partial charge in [0, 0.05) is 18.8 Å². The van der Waals surface area contributed by atoms with Crippen molar-refractivity contribution in [2.24, 2.45) is 0 Å². The van der Waals surface area contributed by atoms with E-state index in [-0.39, 0.29) is 11.9 Å². The standard InChI is InChI=1S/C15H22N2O2/c1-11-4-5-12(2)14(10-11)16-13(3)15(18)17-6-8-19-9-7-17/h4-5,10,13,16H,6-9H2,1-3H3. The Morgan fingerprint density at radius 3 is 2.68 bits per heavy atom. The number of morpholine rings is 1. The van der Waals surface area contributed by atoms with Crippen LogP contribution < -0.4 is 5.32 Å². The zero-order chi connectivity index (χ0) is 13.8. The van der Waals surface area contributed by atoms with E-state index in [9.17, 15) is 4.79 Å². The Morgan fingerprint density at radius 2 is 2.00 bits per heavy atom. The highest BCUT2D eigenvalue weighted by atomic mass is 16.5. The molecule has 1 amide bonds. The van der Waals surface area contributed by atoms with Gasteiger partial charge in [-0.2, -0.15) is 0 Å². The van der Waals surface area contributed by atoms with Gasteiger partial charge in [-0.15, -0.1) is 0 Å². The SMILES string of the molecule is Cc1ccc(C)c(NC(C)C(=O)N2CCOCC2)c1. The average Bonchev–Trinajstić information content (AvgIpc) is 2.43. The van der Waals surface area contributed by atoms with Crippen molar-refractivity contribution in [3.8, 4) is 0 Å². The van der Waals surface area contributed by atoms with Crippen molar-refractivity contribution in [1.29, 1.82) is 0 Å². The minimum Gasteiger partial charge on any atom is -0.378 e. The molecule has 1 unspecified atom stereocenters. The molecule has 1 aromatic carbocycles. The molecule has 2 rings (SSSR count). The Labute approximate surface area is 114 Å². The molecule has 1 atom stereocenters. The molecule has 1 fully saturated rings. The smallest absolute Gasteiger partial charge is 0.244 e. The lowest BCUT2D eigenvalue weighted by atomic mass is 10.1. The Morgan fingerprint density at radius 1 is 1.32 bits per heavy atom. The molecule has 0 bridgehead atoms. The second-order valence-electron chi connectivity index (χ2n) is 5.12. The number of aryl methyl sites for hydroxylation is 2. The number of nitrogens with zero attached hydrogens (tertiary/aromatic N) is 1. The van der Waals surface area contributed by atoms with Crippen molar-refractivity contribution in [2.75, 3.05) is 31.6 Å². The van der Waals surface area contributed by atoms with Crippen LogP contribution in [0, 0.1) is 13.8 Å². The van der Waals surface area contributed by atoms with E-state index in [4.69, 9.17) is 4.74 Å². The number of carbonyl (C=O) groups is 1. The van der Waals surface area contributed by atoms with E-state index in [1.165, 1.54) is 5.56 Å². The normalized spacial score (nSPS) is 17.1. The molecule has 0 radical (unpaired) electrons. The highest BCUT2D eigenvalue weighted by molar-refractivity contribution is 5.84. The maximum absolute atomic E-state index is 12.3. The van der Waals surface area contributed by atoms with E-state index in [1.807, 2.05) is 18.7 Å². The second-order valence-corrected chi connectivity index (χ2v) is 5.12. The highest BCUT2D eigenvalue weighted by Crippen LogP contribution is 2.18. The topological polar surface area (TPSA) is 41.6 Å². The Bertz CT molecular complexity index is 453. The van der Waals surface area contributed by atoms with Gasteiger partial charge in [0.2, 0.25) is 5.91 Å². The maximum atomic E-state index is 12.3. The van der Waals surface area contributed by atoms with Gasteiger partial charge in [-0.25, -0.2) is 0 Å². The Kier molecular flexibility index (Phi) is 4.43. The predicted molar refractivity (Wildman–Crippen MR) is 76.4 cm³/mol. The molecule has 0 spiro atoms. The summed E-state index contributed by atoms with van der Waals surface area (Å²) in [5.74, 6) is 0.143. The molecule has 19 heavy (non-hydrogen) atoms. The number of hydrogen-bond acceptors (Lipinski definition) is 3. The summed E-state index contributed by atoms with van der Waals surface area (Å²) in [6, 6.07) is 6.02. The molecule has 0 aromatic heterocycles. The van der Waals surface area contributed by atoms with Crippen molar-refractivity contribution in [3.05, 3.63) is 29.3 Å². The van der Waals surface area contributed by atoms with E-state index < -0.39 is 0 Å². The fourth-order valence-corrected chi connectivity index (χ4v) is 2.24. The number of ether oxygens (including phenoxy) is 1. The third-order valence-corrected chi connectivity index (χ3v) is 3.46. The van der Waals surface area contributed by atoms with Gasteiger partial charge in [0.1, 0.15) is 6.04 Å². The Balaban J connectivity index is 2.01. The molecular weight excluding hydrogens is 240 g/mol. The number of nitrogens with one attached hydrogen (secondary N) is 1. The largest absolute Gasteiger partial charge is 0.378 e. The van der Waals surface area contributed by atoms with E-state index in [0.717, 1.165) is 11.3 Å². The van der Waals surface area contributed by atoms with Crippen LogP contribution in [0.4, 0.5) is 5.69 Å². The first kappa shape index (κ1) is 13.9. The first-order valence-electron chi connectivity index (χ1n) is 6.78. The molecule has 0 aliphatic carbocycles. The highest BCUT2D eigenvalue weighted by Gasteiger charge is 2.22. The van der Waals surface area contributed by atoms with Crippen LogP contribution >= 0.6 is 0 Å². The molecule has 1 heterocycles. The molecule has 1 N–H and O–H groups in total. The van der Waals surface area contributed by atoms with E-state index in [0.29, 0.717) is 26.3 Å². The van der Waals surface area contributed by atoms with Gasteiger partial charge in [-0.05, 0) is 38.0 Å². The molecule has 0 saturated carbocycles. The van der Waals surface area contributed by atoms with Crippen molar-refractivity contribution in [1.82, 2.24) is 4.90 Å². The minimum absolute atomic E-state index is 0.143. The summed E-state index contributed by atoms with van der Waals surface area (Å²) < 4.78 is 5.27. The van der Waals surface area contributed by atoms with Gasteiger partial charge in [-0.1, -0.05) is 12.1 Å². The molecule has 4 heteroatoms. The average molecular weight is 262 g/mol. The summed E-state index contributed by atoms with van der Waals surface area (Å²) in [6.07, 6.45) is 0. The van der Waals surface area contributed by atoms with E-state index in [1.54, 1.807) is 0 Å². The number of rotatable bonds is 3. The van der Waals surface area contributed by atoms with Crippen LogP contribution in [0.1, 0.15) is 18.1 Å². The van der Waals surface area contributed by atoms with Gasteiger partial charge in [0.15, 0.2) is 0 Å². The maximum Gasteiger partial charge on any atom is 0.244 e. The molecule has 1 aromatic rings. The summed E-state index contributed by atoms with van der Waals surface area (Å²) in [5.41, 5.74) is 3.39. The van der Waals surface area contributed by atoms with Gasteiger partial charge >= 0.3 is 0 Å². The van der Waals surface area contributed by atoms with Crippen molar-refractivity contribution < 1.29 is 9.53 Å². The number of anilines is 1. The molecule has 1 aliphatic heterocycles. The quantitative estimate of drug-likeness (QED) is 0.905. The lowest BCUT2D eigenvalue weighted by Gasteiger charge is -2.30. The van der Waals surface area contributed by atoms with Crippen molar-refractivity contribution >= 4 is 11.6 Å². The monoisotopic (exact) mass is 262 g/mol. The van der Waals surface area contributed by atoms with Crippen molar-refractivity contribution in [2.45, 2.75) is 26.8 Å².